The molecule has 188 valence electrons. The molecule has 1 atom stereocenters. The van der Waals surface area contributed by atoms with E-state index in [-0.39, 0.29) is 6.54 Å². The zero-order valence-electron chi connectivity index (χ0n) is 20.4. The van der Waals surface area contributed by atoms with Gasteiger partial charge in [0.25, 0.3) is 5.91 Å². The van der Waals surface area contributed by atoms with E-state index < -0.39 is 29.2 Å². The minimum Gasteiger partial charge on any atom is -0.486 e. The van der Waals surface area contributed by atoms with E-state index in [1.165, 1.54) is 29.2 Å². The Balaban J connectivity index is 1.81. The molecular formula is C28H28ClFN2O4. The van der Waals surface area contributed by atoms with Crippen molar-refractivity contribution in [3.8, 4) is 11.5 Å². The number of hydrogen-bond acceptors (Lipinski definition) is 4. The summed E-state index contributed by atoms with van der Waals surface area (Å²) in [5.74, 6) is -0.236. The van der Waals surface area contributed by atoms with Gasteiger partial charge in [-0.1, -0.05) is 41.9 Å². The molecule has 8 heteroatoms. The molecule has 0 saturated carbocycles. The molecule has 1 aliphatic heterocycles. The summed E-state index contributed by atoms with van der Waals surface area (Å²) in [7, 11) is 0. The van der Waals surface area contributed by atoms with Crippen LogP contribution in [0.3, 0.4) is 0 Å². The number of halogens is 2. The average Bonchev–Trinajstić information content (AvgIpc) is 2.84. The van der Waals surface area contributed by atoms with E-state index in [2.05, 4.69) is 5.32 Å². The standard InChI is InChI=1S/C28H28ClFN2O4/c1-28(2,3)31-26(33)25(18-8-11-21(30)12-9-18)32(17-20-6-4-5-7-22(20)29)27(34)19-10-13-23-24(16-19)36-15-14-35-23/h4-13,16,25H,14-15,17H2,1-3H3,(H,31,33)/t25-/m1/s1. The van der Waals surface area contributed by atoms with Crippen LogP contribution in [0.5, 0.6) is 11.5 Å². The van der Waals surface area contributed by atoms with Gasteiger partial charge in [0, 0.05) is 22.7 Å². The van der Waals surface area contributed by atoms with Gasteiger partial charge < -0.3 is 19.7 Å². The molecule has 0 bridgehead atoms. The monoisotopic (exact) mass is 510 g/mol. The minimum atomic E-state index is -1.05. The number of nitrogens with zero attached hydrogens (tertiary/aromatic N) is 1. The van der Waals surface area contributed by atoms with Gasteiger partial charge in [-0.3, -0.25) is 9.59 Å². The molecule has 2 amide bonds. The first-order chi connectivity index (χ1) is 17.1. The van der Waals surface area contributed by atoms with Gasteiger partial charge in [0.1, 0.15) is 25.1 Å². The van der Waals surface area contributed by atoms with Crippen LogP contribution in [0.15, 0.2) is 66.7 Å². The lowest BCUT2D eigenvalue weighted by Crippen LogP contribution is -2.49. The summed E-state index contributed by atoms with van der Waals surface area (Å²) < 4.78 is 25.0. The van der Waals surface area contributed by atoms with E-state index in [0.717, 1.165) is 0 Å². The molecule has 0 saturated heterocycles. The van der Waals surface area contributed by atoms with Crippen molar-refractivity contribution < 1.29 is 23.5 Å². The molecule has 0 aliphatic carbocycles. The van der Waals surface area contributed by atoms with E-state index >= 15 is 0 Å². The molecule has 0 fully saturated rings. The molecule has 0 spiro atoms. The van der Waals surface area contributed by atoms with Gasteiger partial charge in [-0.25, -0.2) is 4.39 Å². The highest BCUT2D eigenvalue weighted by Gasteiger charge is 2.34. The average molecular weight is 511 g/mol. The Morgan fingerprint density at radius 1 is 1.00 bits per heavy atom. The van der Waals surface area contributed by atoms with Gasteiger partial charge in [0.05, 0.1) is 0 Å². The van der Waals surface area contributed by atoms with Gasteiger partial charge in [-0.05, 0) is 68.3 Å². The van der Waals surface area contributed by atoms with Crippen molar-refractivity contribution in [2.24, 2.45) is 0 Å². The van der Waals surface area contributed by atoms with Crippen molar-refractivity contribution in [1.82, 2.24) is 10.2 Å². The summed E-state index contributed by atoms with van der Waals surface area (Å²) in [4.78, 5) is 29.1. The number of nitrogens with one attached hydrogen (secondary N) is 1. The van der Waals surface area contributed by atoms with Crippen LogP contribution in [-0.2, 0) is 11.3 Å². The number of carbonyl (C=O) groups is 2. The van der Waals surface area contributed by atoms with Crippen molar-refractivity contribution in [1.29, 1.82) is 0 Å². The Hall–Kier alpha value is -3.58. The lowest BCUT2D eigenvalue weighted by Gasteiger charge is -2.34. The van der Waals surface area contributed by atoms with Crippen LogP contribution >= 0.6 is 11.6 Å². The first kappa shape index (κ1) is 25.5. The number of amides is 2. The highest BCUT2D eigenvalue weighted by molar-refractivity contribution is 6.31. The number of rotatable bonds is 6. The second-order valence-corrected chi connectivity index (χ2v) is 9.98. The van der Waals surface area contributed by atoms with Crippen molar-refractivity contribution in [3.63, 3.8) is 0 Å². The van der Waals surface area contributed by atoms with Crippen LogP contribution in [0.4, 0.5) is 4.39 Å². The van der Waals surface area contributed by atoms with Gasteiger partial charge in [0.15, 0.2) is 11.5 Å². The first-order valence-corrected chi connectivity index (χ1v) is 12.0. The molecule has 3 aromatic rings. The Morgan fingerprint density at radius 2 is 1.67 bits per heavy atom. The topological polar surface area (TPSA) is 67.9 Å². The Labute approximate surface area is 215 Å². The Kier molecular flexibility index (Phi) is 7.50. The summed E-state index contributed by atoms with van der Waals surface area (Å²) in [5, 5.41) is 3.43. The van der Waals surface area contributed by atoms with Crippen LogP contribution in [0.1, 0.15) is 48.3 Å². The maximum absolute atomic E-state index is 14.0. The van der Waals surface area contributed by atoms with Gasteiger partial charge >= 0.3 is 0 Å². The van der Waals surface area contributed by atoms with Crippen LogP contribution in [0, 0.1) is 5.82 Å². The third-order valence-electron chi connectivity index (χ3n) is 5.59. The van der Waals surface area contributed by atoms with Crippen LogP contribution in [0.25, 0.3) is 0 Å². The molecular weight excluding hydrogens is 483 g/mol. The third kappa shape index (κ3) is 5.97. The summed E-state index contributed by atoms with van der Waals surface area (Å²) >= 11 is 6.45. The number of fused-ring (bicyclic) bond motifs is 1. The predicted molar refractivity (Wildman–Crippen MR) is 136 cm³/mol. The van der Waals surface area contributed by atoms with Crippen LogP contribution in [-0.4, -0.2) is 35.5 Å². The third-order valence-corrected chi connectivity index (χ3v) is 5.96. The van der Waals surface area contributed by atoms with Gasteiger partial charge in [-0.2, -0.15) is 0 Å². The smallest absolute Gasteiger partial charge is 0.255 e. The number of carbonyl (C=O) groups excluding carboxylic acids is 2. The summed E-state index contributed by atoms with van der Waals surface area (Å²) in [6.07, 6.45) is 0. The highest BCUT2D eigenvalue weighted by atomic mass is 35.5. The fourth-order valence-corrected chi connectivity index (χ4v) is 4.18. The quantitative estimate of drug-likeness (QED) is 0.472. The lowest BCUT2D eigenvalue weighted by atomic mass is 9.99. The fraction of sp³-hybridized carbons (Fsp3) is 0.286. The normalized spacial score (nSPS) is 13.6. The van der Waals surface area contributed by atoms with Crippen molar-refractivity contribution in [2.45, 2.75) is 38.9 Å². The Bertz CT molecular complexity index is 1260. The highest BCUT2D eigenvalue weighted by Crippen LogP contribution is 2.33. The molecule has 1 heterocycles. The zero-order valence-corrected chi connectivity index (χ0v) is 21.1. The number of benzene rings is 3. The van der Waals surface area contributed by atoms with E-state index in [1.54, 1.807) is 36.4 Å². The molecule has 0 radical (unpaired) electrons. The number of ether oxygens (including phenoxy) is 2. The molecule has 4 rings (SSSR count). The molecule has 6 nitrogen and oxygen atoms in total. The Morgan fingerprint density at radius 3 is 2.33 bits per heavy atom. The van der Waals surface area contributed by atoms with Crippen LogP contribution < -0.4 is 14.8 Å². The summed E-state index contributed by atoms with van der Waals surface area (Å²) in [5.41, 5.74) is 0.893. The van der Waals surface area contributed by atoms with E-state index in [4.69, 9.17) is 21.1 Å². The second-order valence-electron chi connectivity index (χ2n) is 9.58. The lowest BCUT2D eigenvalue weighted by molar-refractivity contribution is -0.127. The molecule has 0 unspecified atom stereocenters. The molecule has 1 N–H and O–H groups in total. The van der Waals surface area contributed by atoms with E-state index in [0.29, 0.717) is 46.4 Å². The van der Waals surface area contributed by atoms with Gasteiger partial charge in [-0.15, -0.1) is 0 Å². The molecule has 1 aliphatic rings. The fourth-order valence-electron chi connectivity index (χ4n) is 3.99. The van der Waals surface area contributed by atoms with Crippen molar-refractivity contribution >= 4 is 23.4 Å². The maximum Gasteiger partial charge on any atom is 0.255 e. The predicted octanol–water partition coefficient (Wildman–Crippen LogP) is 5.55. The zero-order chi connectivity index (χ0) is 25.9. The minimum absolute atomic E-state index is 0.0482. The molecule has 3 aromatic carbocycles. The number of hydrogen-bond donors (Lipinski definition) is 1. The SMILES string of the molecule is CC(C)(C)NC(=O)[C@@H](c1ccc(F)cc1)N(Cc1ccccc1Cl)C(=O)c1ccc2c(c1)OCCO2. The molecule has 0 aromatic heterocycles. The van der Waals surface area contributed by atoms with Crippen molar-refractivity contribution in [3.05, 3.63) is 94.3 Å². The van der Waals surface area contributed by atoms with E-state index in [9.17, 15) is 14.0 Å². The molecule has 36 heavy (non-hydrogen) atoms. The van der Waals surface area contributed by atoms with E-state index in [1.807, 2.05) is 26.8 Å². The van der Waals surface area contributed by atoms with Crippen molar-refractivity contribution in [2.75, 3.05) is 13.2 Å². The first-order valence-electron chi connectivity index (χ1n) is 11.6. The summed E-state index contributed by atoms with van der Waals surface area (Å²) in [6.45, 7) is 6.42. The summed E-state index contributed by atoms with van der Waals surface area (Å²) in [6, 6.07) is 16.6. The second kappa shape index (κ2) is 10.6. The largest absolute Gasteiger partial charge is 0.486 e. The maximum atomic E-state index is 14.0. The van der Waals surface area contributed by atoms with Crippen LogP contribution in [0.2, 0.25) is 5.02 Å². The van der Waals surface area contributed by atoms with Gasteiger partial charge in [0.2, 0.25) is 5.91 Å².